The zero-order valence-corrected chi connectivity index (χ0v) is 28.0. The summed E-state index contributed by atoms with van der Waals surface area (Å²) in [6.07, 6.45) is 0. The Bertz CT molecular complexity index is 2630. The van der Waals surface area contributed by atoms with Crippen LogP contribution in [0.25, 0.3) is 89.2 Å². The van der Waals surface area contributed by atoms with Crippen molar-refractivity contribution in [2.24, 2.45) is 0 Å². The van der Waals surface area contributed by atoms with Crippen LogP contribution in [0.15, 0.2) is 176 Å². The smallest absolute Gasteiger partial charge is 0.160 e. The molecule has 0 atom stereocenters. The van der Waals surface area contributed by atoms with E-state index in [0.717, 1.165) is 89.1 Å². The molecule has 51 heavy (non-hydrogen) atoms. The summed E-state index contributed by atoms with van der Waals surface area (Å²) in [5.41, 5.74) is 14.1. The summed E-state index contributed by atoms with van der Waals surface area (Å²) in [5, 5.41) is 2.15. The molecule has 0 aliphatic rings. The van der Waals surface area contributed by atoms with Gasteiger partial charge in [0.2, 0.25) is 0 Å². The van der Waals surface area contributed by atoms with Gasteiger partial charge in [0.05, 0.1) is 28.1 Å². The van der Waals surface area contributed by atoms with Gasteiger partial charge in [-0.15, -0.1) is 0 Å². The fourth-order valence-corrected chi connectivity index (χ4v) is 6.80. The van der Waals surface area contributed by atoms with Crippen LogP contribution in [-0.2, 0) is 0 Å². The third-order valence-electron chi connectivity index (χ3n) is 9.33. The molecule has 0 aliphatic heterocycles. The van der Waals surface area contributed by atoms with Crippen LogP contribution in [0.1, 0.15) is 5.69 Å². The minimum absolute atomic E-state index is 0.693. The Kier molecular flexibility index (Phi) is 7.67. The maximum Gasteiger partial charge on any atom is 0.160 e. The number of hydrogen-bond acceptors (Lipinski definition) is 4. The van der Waals surface area contributed by atoms with Crippen LogP contribution >= 0.6 is 0 Å². The van der Waals surface area contributed by atoms with Gasteiger partial charge in [0.1, 0.15) is 0 Å². The first-order valence-corrected chi connectivity index (χ1v) is 17.1. The van der Waals surface area contributed by atoms with Crippen molar-refractivity contribution in [3.63, 3.8) is 0 Å². The Morgan fingerprint density at radius 3 is 1.47 bits per heavy atom. The van der Waals surface area contributed by atoms with Crippen molar-refractivity contribution in [3.05, 3.63) is 182 Å². The van der Waals surface area contributed by atoms with Gasteiger partial charge in [0.15, 0.2) is 5.82 Å². The highest BCUT2D eigenvalue weighted by Gasteiger charge is 2.14. The van der Waals surface area contributed by atoms with Crippen molar-refractivity contribution >= 4 is 21.8 Å². The predicted octanol–water partition coefficient (Wildman–Crippen LogP) is 11.9. The number of benzene rings is 6. The fraction of sp³-hybridized carbons (Fsp3) is 0.0213. The highest BCUT2D eigenvalue weighted by Crippen LogP contribution is 2.36. The number of nitrogens with zero attached hydrogens (tertiary/aromatic N) is 4. The largest absolute Gasteiger partial charge is 0.251 e. The number of pyridine rings is 2. The number of aromatic nitrogens is 4. The zero-order valence-electron chi connectivity index (χ0n) is 28.0. The van der Waals surface area contributed by atoms with E-state index in [0.29, 0.717) is 5.82 Å². The quantitative estimate of drug-likeness (QED) is 0.168. The molecule has 0 aliphatic carbocycles. The lowest BCUT2D eigenvalue weighted by molar-refractivity contribution is 1.18. The molecular formula is C47H32N4. The van der Waals surface area contributed by atoms with Crippen LogP contribution in [0.4, 0.5) is 0 Å². The summed E-state index contributed by atoms with van der Waals surface area (Å²) in [5.74, 6) is 0.693. The van der Waals surface area contributed by atoms with E-state index < -0.39 is 0 Å². The third-order valence-corrected chi connectivity index (χ3v) is 9.33. The summed E-state index contributed by atoms with van der Waals surface area (Å²) in [6.45, 7) is 2.06. The van der Waals surface area contributed by atoms with Gasteiger partial charge in [-0.25, -0.2) is 15.0 Å². The molecule has 0 saturated carbocycles. The summed E-state index contributed by atoms with van der Waals surface area (Å²) in [7, 11) is 0. The first kappa shape index (κ1) is 30.3. The van der Waals surface area contributed by atoms with Gasteiger partial charge in [-0.05, 0) is 59.5 Å². The molecule has 0 amide bonds. The van der Waals surface area contributed by atoms with Gasteiger partial charge >= 0.3 is 0 Å². The molecule has 9 rings (SSSR count). The van der Waals surface area contributed by atoms with Gasteiger partial charge in [0, 0.05) is 38.7 Å². The van der Waals surface area contributed by atoms with E-state index in [4.69, 9.17) is 19.9 Å². The second kappa shape index (κ2) is 12.9. The lowest BCUT2D eigenvalue weighted by Gasteiger charge is -2.13. The Hall–Kier alpha value is -6.78. The van der Waals surface area contributed by atoms with Crippen molar-refractivity contribution in [2.45, 2.75) is 6.92 Å². The average molecular weight is 653 g/mol. The third kappa shape index (κ3) is 5.94. The monoisotopic (exact) mass is 652 g/mol. The Labute approximate surface area is 296 Å². The molecule has 6 aromatic carbocycles. The standard InChI is InChI=1S/C47H32N4/c1-31-27-41(40-25-23-35-24-26-42(32-13-5-2-6-14-32)49-45(35)46(40)48-31)38-21-11-19-36(28-38)37-20-12-22-39(29-37)47-50-43(33-15-7-3-8-16-33)30-44(51-47)34-17-9-4-10-18-34/h2-30H,1H3. The van der Waals surface area contributed by atoms with E-state index in [1.807, 2.05) is 54.6 Å². The molecule has 0 spiro atoms. The van der Waals surface area contributed by atoms with Crippen LogP contribution < -0.4 is 0 Å². The average Bonchev–Trinajstić information content (AvgIpc) is 3.21. The van der Waals surface area contributed by atoms with Crippen molar-refractivity contribution in [2.75, 3.05) is 0 Å². The second-order valence-electron chi connectivity index (χ2n) is 12.8. The van der Waals surface area contributed by atoms with Crippen molar-refractivity contribution < 1.29 is 0 Å². The fourth-order valence-electron chi connectivity index (χ4n) is 6.80. The van der Waals surface area contributed by atoms with Crippen LogP contribution in [0.2, 0.25) is 0 Å². The maximum absolute atomic E-state index is 5.13. The highest BCUT2D eigenvalue weighted by molar-refractivity contribution is 6.09. The molecule has 4 heteroatoms. The zero-order chi connectivity index (χ0) is 34.1. The molecule has 9 aromatic rings. The molecule has 0 unspecified atom stereocenters. The van der Waals surface area contributed by atoms with E-state index in [1.165, 1.54) is 0 Å². The topological polar surface area (TPSA) is 51.6 Å². The van der Waals surface area contributed by atoms with Gasteiger partial charge in [0.25, 0.3) is 0 Å². The van der Waals surface area contributed by atoms with Gasteiger partial charge in [-0.3, -0.25) is 4.98 Å². The summed E-state index contributed by atoms with van der Waals surface area (Å²) in [4.78, 5) is 20.3. The number of aryl methyl sites for hydroxylation is 1. The number of fused-ring (bicyclic) bond motifs is 3. The maximum atomic E-state index is 5.13. The second-order valence-corrected chi connectivity index (χ2v) is 12.8. The van der Waals surface area contributed by atoms with Crippen LogP contribution in [0.5, 0.6) is 0 Å². The molecule has 0 radical (unpaired) electrons. The summed E-state index contributed by atoms with van der Waals surface area (Å²) in [6, 6.07) is 61.0. The summed E-state index contributed by atoms with van der Waals surface area (Å²) < 4.78 is 0. The first-order chi connectivity index (χ1) is 25.2. The Balaban J connectivity index is 1.14. The normalized spacial score (nSPS) is 11.2. The number of hydrogen-bond donors (Lipinski definition) is 0. The molecular weight excluding hydrogens is 621 g/mol. The minimum atomic E-state index is 0.693. The SMILES string of the molecule is Cc1cc(-c2cccc(-c3cccc(-c4nc(-c5ccccc5)cc(-c5ccccc5)n4)c3)c2)c2ccc3ccc(-c4ccccc4)nc3c2n1. The highest BCUT2D eigenvalue weighted by atomic mass is 14.9. The van der Waals surface area contributed by atoms with Crippen LogP contribution in [0, 0.1) is 6.92 Å². The molecule has 0 bridgehead atoms. The molecule has 0 saturated heterocycles. The van der Waals surface area contributed by atoms with Gasteiger partial charge in [-0.2, -0.15) is 0 Å². The van der Waals surface area contributed by atoms with Crippen molar-refractivity contribution in [1.82, 2.24) is 19.9 Å². The first-order valence-electron chi connectivity index (χ1n) is 17.1. The minimum Gasteiger partial charge on any atom is -0.251 e. The van der Waals surface area contributed by atoms with Crippen molar-refractivity contribution in [3.8, 4) is 67.4 Å². The molecule has 0 fully saturated rings. The molecule has 3 heterocycles. The Morgan fingerprint density at radius 1 is 0.333 bits per heavy atom. The molecule has 4 nitrogen and oxygen atoms in total. The van der Waals surface area contributed by atoms with Crippen LogP contribution in [-0.4, -0.2) is 19.9 Å². The van der Waals surface area contributed by atoms with E-state index in [9.17, 15) is 0 Å². The molecule has 240 valence electrons. The predicted molar refractivity (Wildman–Crippen MR) is 210 cm³/mol. The van der Waals surface area contributed by atoms with E-state index in [2.05, 4.69) is 128 Å². The van der Waals surface area contributed by atoms with Crippen LogP contribution in [0.3, 0.4) is 0 Å². The lowest BCUT2D eigenvalue weighted by Crippen LogP contribution is -1.96. The van der Waals surface area contributed by atoms with E-state index >= 15 is 0 Å². The molecule has 3 aromatic heterocycles. The number of rotatable bonds is 6. The van der Waals surface area contributed by atoms with E-state index in [1.54, 1.807) is 0 Å². The van der Waals surface area contributed by atoms with E-state index in [-0.39, 0.29) is 0 Å². The van der Waals surface area contributed by atoms with Crippen molar-refractivity contribution in [1.29, 1.82) is 0 Å². The molecule has 0 N–H and O–H groups in total. The lowest BCUT2D eigenvalue weighted by atomic mass is 9.95. The van der Waals surface area contributed by atoms with Gasteiger partial charge < -0.3 is 0 Å². The summed E-state index contributed by atoms with van der Waals surface area (Å²) >= 11 is 0. The Morgan fingerprint density at radius 2 is 0.843 bits per heavy atom. The van der Waals surface area contributed by atoms with Gasteiger partial charge in [-0.1, -0.05) is 146 Å².